The minimum atomic E-state index is -3.99. The first-order valence-electron chi connectivity index (χ1n) is 14.3. The van der Waals surface area contributed by atoms with E-state index in [0.717, 1.165) is 0 Å². The lowest BCUT2D eigenvalue weighted by Crippen LogP contribution is -2.01. The van der Waals surface area contributed by atoms with Gasteiger partial charge in [0.05, 0.1) is 0 Å². The molecular formula is C32H32N3O10P3. The number of nitrogens with zero attached hydrogens (tertiary/aromatic N) is 3. The molecule has 0 saturated heterocycles. The van der Waals surface area contributed by atoms with Gasteiger partial charge in [-0.05, 0) is 128 Å². The summed E-state index contributed by atoms with van der Waals surface area (Å²) in [7, 11) is -9.42. The number of aromatic hydroxyl groups is 5. The van der Waals surface area contributed by atoms with Crippen molar-refractivity contribution in [2.75, 3.05) is 6.54 Å². The van der Waals surface area contributed by atoms with Crippen molar-refractivity contribution in [3.63, 3.8) is 0 Å². The molecule has 250 valence electrons. The Morgan fingerprint density at radius 1 is 0.479 bits per heavy atom. The van der Waals surface area contributed by atoms with Gasteiger partial charge in [-0.25, -0.2) is 0 Å². The Kier molecular flexibility index (Phi) is 11.4. The third kappa shape index (κ3) is 10.1. The molecule has 5 rings (SSSR count). The van der Waals surface area contributed by atoms with Crippen LogP contribution in [-0.2, 0) is 0 Å². The minimum absolute atomic E-state index is 0.00269. The molecule has 5 aromatic rings. The maximum atomic E-state index is 9.96. The molecule has 0 aliphatic rings. The maximum absolute atomic E-state index is 9.96. The van der Waals surface area contributed by atoms with Gasteiger partial charge in [0.2, 0.25) is 8.09 Å². The number of phenols is 5. The van der Waals surface area contributed by atoms with Gasteiger partial charge in [0.25, 0.3) is 0 Å². The van der Waals surface area contributed by atoms with Gasteiger partial charge in [0, 0.05) is 6.54 Å². The zero-order valence-corrected chi connectivity index (χ0v) is 28.2. The zero-order valence-electron chi connectivity index (χ0n) is 25.3. The van der Waals surface area contributed by atoms with E-state index in [1.807, 2.05) is 6.92 Å². The predicted octanol–water partition coefficient (Wildman–Crippen LogP) is 9.33. The summed E-state index contributed by atoms with van der Waals surface area (Å²) in [5.41, 5.74) is 0. The Morgan fingerprint density at radius 3 is 1.12 bits per heavy atom. The smallest absolute Gasteiger partial charge is 0.456 e. The SMILES string of the molecule is CC/N=[PH](\N=P(N=[PH](Oc1ccc(O)cc1)Oc1ccc(O)cc1)(Oc1ccc(O)cc1)Oc1ccc(O)cc1)Oc1ccc(O)cc1. The first-order valence-corrected chi connectivity index (χ1v) is 18.4. The molecule has 0 heterocycles. The molecule has 0 spiro atoms. The van der Waals surface area contributed by atoms with Crippen LogP contribution in [0.2, 0.25) is 0 Å². The normalized spacial score (nSPS) is 11.8. The first-order chi connectivity index (χ1) is 23.2. The van der Waals surface area contributed by atoms with E-state index in [-0.39, 0.29) is 40.2 Å². The van der Waals surface area contributed by atoms with E-state index in [4.69, 9.17) is 31.6 Å². The largest absolute Gasteiger partial charge is 0.508 e. The molecule has 0 radical (unpaired) electrons. The summed E-state index contributed by atoms with van der Waals surface area (Å²) in [6.07, 6.45) is 0. The lowest BCUT2D eigenvalue weighted by atomic mass is 10.3. The van der Waals surface area contributed by atoms with E-state index in [9.17, 15) is 25.5 Å². The van der Waals surface area contributed by atoms with Crippen LogP contribution < -0.4 is 22.6 Å². The molecule has 5 N–H and O–H groups in total. The van der Waals surface area contributed by atoms with E-state index in [1.165, 1.54) is 109 Å². The summed E-state index contributed by atoms with van der Waals surface area (Å²) in [5.74, 6) is 1.53. The fraction of sp³-hybridized carbons (Fsp3) is 0.0625. The van der Waals surface area contributed by atoms with Crippen molar-refractivity contribution in [3.05, 3.63) is 121 Å². The topological polar surface area (TPSA) is 184 Å². The second-order valence-corrected chi connectivity index (χ2v) is 14.6. The van der Waals surface area contributed by atoms with Crippen molar-refractivity contribution in [1.29, 1.82) is 0 Å². The van der Waals surface area contributed by atoms with Crippen LogP contribution in [0.1, 0.15) is 6.92 Å². The lowest BCUT2D eigenvalue weighted by molar-refractivity contribution is 0.457. The number of benzene rings is 5. The zero-order chi connectivity index (χ0) is 33.9. The Morgan fingerprint density at radius 2 is 0.792 bits per heavy atom. The molecule has 0 aromatic heterocycles. The Balaban J connectivity index is 1.73. The van der Waals surface area contributed by atoms with Crippen molar-refractivity contribution in [2.24, 2.45) is 13.8 Å². The molecule has 5 aromatic carbocycles. The average Bonchev–Trinajstić information content (AvgIpc) is 3.06. The first kappa shape index (κ1) is 34.1. The van der Waals surface area contributed by atoms with Gasteiger partial charge in [-0.3, -0.25) is 4.74 Å². The molecule has 13 nitrogen and oxygen atoms in total. The van der Waals surface area contributed by atoms with Crippen molar-refractivity contribution in [2.45, 2.75) is 6.92 Å². The predicted molar refractivity (Wildman–Crippen MR) is 185 cm³/mol. The monoisotopic (exact) mass is 711 g/mol. The van der Waals surface area contributed by atoms with E-state index >= 15 is 0 Å². The van der Waals surface area contributed by atoms with Crippen molar-refractivity contribution in [1.82, 2.24) is 0 Å². The van der Waals surface area contributed by atoms with Crippen LogP contribution in [0.25, 0.3) is 0 Å². The quantitative estimate of drug-likeness (QED) is 0.0737. The van der Waals surface area contributed by atoms with E-state index in [2.05, 4.69) is 4.74 Å². The Hall–Kier alpha value is -5.21. The Labute approximate surface area is 277 Å². The molecular weight excluding hydrogens is 679 g/mol. The highest BCUT2D eigenvalue weighted by molar-refractivity contribution is 7.66. The molecule has 0 amide bonds. The van der Waals surface area contributed by atoms with E-state index in [1.54, 1.807) is 12.1 Å². The second-order valence-electron chi connectivity index (χ2n) is 9.67. The molecule has 0 saturated carbocycles. The minimum Gasteiger partial charge on any atom is -0.508 e. The van der Waals surface area contributed by atoms with Crippen molar-refractivity contribution in [3.8, 4) is 57.5 Å². The lowest BCUT2D eigenvalue weighted by Gasteiger charge is -2.24. The Bertz CT molecular complexity index is 1820. The van der Waals surface area contributed by atoms with Gasteiger partial charge in [-0.15, -0.1) is 9.03 Å². The second kappa shape index (κ2) is 16.1. The summed E-state index contributed by atoms with van der Waals surface area (Å²) in [6, 6.07) is 29.7. The number of hydrogen-bond donors (Lipinski definition) is 5. The fourth-order valence-corrected chi connectivity index (χ4v) is 9.65. The molecule has 1 atom stereocenters. The highest BCUT2D eigenvalue weighted by atomic mass is 31.2. The summed E-state index contributed by atoms with van der Waals surface area (Å²) in [5, 5.41) is 49.4. The summed E-state index contributed by atoms with van der Waals surface area (Å²) in [6.45, 7) is 2.14. The summed E-state index contributed by atoms with van der Waals surface area (Å²) < 4.78 is 46.0. The number of rotatable bonds is 13. The molecule has 0 bridgehead atoms. The van der Waals surface area contributed by atoms with E-state index in [0.29, 0.717) is 23.8 Å². The van der Waals surface area contributed by atoms with Gasteiger partial charge < -0.3 is 48.2 Å². The van der Waals surface area contributed by atoms with Crippen LogP contribution in [0.5, 0.6) is 57.5 Å². The highest BCUT2D eigenvalue weighted by Gasteiger charge is 2.30. The molecule has 0 aliphatic carbocycles. The third-order valence-electron chi connectivity index (χ3n) is 5.97. The summed E-state index contributed by atoms with van der Waals surface area (Å²) >= 11 is 0. The molecule has 1 unspecified atom stereocenters. The van der Waals surface area contributed by atoms with Crippen LogP contribution in [0.3, 0.4) is 0 Å². The summed E-state index contributed by atoms with van der Waals surface area (Å²) in [4.78, 5) is 0. The molecule has 0 aliphatic heterocycles. The molecule has 0 fully saturated rings. The van der Waals surface area contributed by atoms with Crippen molar-refractivity contribution < 1.29 is 48.2 Å². The number of hydrogen-bond acceptors (Lipinski definition) is 11. The van der Waals surface area contributed by atoms with Crippen LogP contribution in [0, 0.1) is 0 Å². The number of phenolic OH excluding ortho intramolecular Hbond substituents is 5. The van der Waals surface area contributed by atoms with Gasteiger partial charge in [-0.1, -0.05) is 0 Å². The van der Waals surface area contributed by atoms with Gasteiger partial charge >= 0.3 is 15.8 Å². The third-order valence-corrected chi connectivity index (χ3v) is 12.0. The van der Waals surface area contributed by atoms with Crippen LogP contribution in [0.15, 0.2) is 135 Å². The van der Waals surface area contributed by atoms with Crippen LogP contribution in [0.4, 0.5) is 0 Å². The maximum Gasteiger partial charge on any atom is 0.456 e. The van der Waals surface area contributed by atoms with E-state index < -0.39 is 23.9 Å². The standard InChI is InChI=1S/C32H32N3O10P3/c1-2-33-46(41-28-13-3-23(36)4-14-28)34-48(44-31-19-9-26(39)10-20-31,45-32-21-11-27(40)12-22-32)35-47(42-29-15-5-24(37)6-16-29)43-30-17-7-25(38)8-18-30/h3-22,36-40,46-47H,2H2,1H3. The highest BCUT2D eigenvalue weighted by Crippen LogP contribution is 2.62. The average molecular weight is 712 g/mol. The molecule has 48 heavy (non-hydrogen) atoms. The van der Waals surface area contributed by atoms with Crippen molar-refractivity contribution >= 4 is 23.9 Å². The van der Waals surface area contributed by atoms with Gasteiger partial charge in [0.15, 0.2) is 0 Å². The van der Waals surface area contributed by atoms with Crippen LogP contribution >= 0.6 is 23.9 Å². The van der Waals surface area contributed by atoms with Gasteiger partial charge in [0.1, 0.15) is 57.5 Å². The van der Waals surface area contributed by atoms with Crippen LogP contribution in [-0.4, -0.2) is 32.1 Å². The molecule has 16 heteroatoms. The fourth-order valence-electron chi connectivity index (χ4n) is 3.75. The van der Waals surface area contributed by atoms with Gasteiger partial charge in [-0.2, -0.15) is 0 Å².